The van der Waals surface area contributed by atoms with Gasteiger partial charge in [0.25, 0.3) is 5.89 Å². The lowest BCUT2D eigenvalue weighted by Crippen LogP contribution is -1.92. The lowest BCUT2D eigenvalue weighted by Gasteiger charge is -2.00. The Labute approximate surface area is 116 Å². The fourth-order valence-corrected chi connectivity index (χ4v) is 2.43. The second-order valence-electron chi connectivity index (χ2n) is 4.62. The molecule has 19 heavy (non-hydrogen) atoms. The van der Waals surface area contributed by atoms with E-state index in [4.69, 9.17) is 9.78 Å². The molecule has 0 aliphatic carbocycles. The zero-order valence-corrected chi connectivity index (χ0v) is 11.8. The van der Waals surface area contributed by atoms with Crippen molar-refractivity contribution in [2.75, 3.05) is 5.75 Å². The number of thioether (sulfide) groups is 1. The van der Waals surface area contributed by atoms with Crippen LogP contribution in [0, 0.1) is 17.2 Å². The van der Waals surface area contributed by atoms with Crippen LogP contribution in [0.25, 0.3) is 11.5 Å². The zero-order chi connectivity index (χ0) is 13.7. The number of nitriles is 1. The molecule has 98 valence electrons. The molecule has 2 aromatic rings. The average molecular weight is 273 g/mol. The van der Waals surface area contributed by atoms with Crippen LogP contribution in [0.2, 0.25) is 0 Å². The molecule has 0 spiro atoms. The van der Waals surface area contributed by atoms with Gasteiger partial charge in [-0.25, -0.2) is 0 Å². The molecular formula is C14H15N3OS. The van der Waals surface area contributed by atoms with Crippen LogP contribution in [0.3, 0.4) is 0 Å². The van der Waals surface area contributed by atoms with Crippen molar-refractivity contribution in [2.24, 2.45) is 5.92 Å². The molecule has 0 unspecified atom stereocenters. The third kappa shape index (κ3) is 3.83. The minimum Gasteiger partial charge on any atom is -0.334 e. The predicted molar refractivity (Wildman–Crippen MR) is 75.4 cm³/mol. The molecule has 5 heteroatoms. The van der Waals surface area contributed by atoms with Gasteiger partial charge in [-0.1, -0.05) is 25.1 Å². The molecule has 1 aromatic heterocycles. The molecule has 0 saturated heterocycles. The van der Waals surface area contributed by atoms with E-state index in [0.29, 0.717) is 23.2 Å². The van der Waals surface area contributed by atoms with Crippen LogP contribution in [-0.4, -0.2) is 15.9 Å². The second kappa shape index (κ2) is 6.39. The van der Waals surface area contributed by atoms with Crippen molar-refractivity contribution in [1.82, 2.24) is 10.1 Å². The van der Waals surface area contributed by atoms with Gasteiger partial charge in [-0.2, -0.15) is 22.0 Å². The van der Waals surface area contributed by atoms with Gasteiger partial charge in [0.05, 0.1) is 17.4 Å². The van der Waals surface area contributed by atoms with Gasteiger partial charge < -0.3 is 4.52 Å². The Hall–Kier alpha value is -1.80. The van der Waals surface area contributed by atoms with E-state index in [9.17, 15) is 0 Å². The highest BCUT2D eigenvalue weighted by Gasteiger charge is 2.09. The van der Waals surface area contributed by atoms with Crippen molar-refractivity contribution in [1.29, 1.82) is 5.26 Å². The number of hydrogen-bond acceptors (Lipinski definition) is 5. The normalized spacial score (nSPS) is 10.6. The number of benzene rings is 1. The SMILES string of the molecule is CC(C)CSCc1noc(-c2cccc(C#N)c2)n1. The molecule has 0 fully saturated rings. The molecule has 0 saturated carbocycles. The van der Waals surface area contributed by atoms with Crippen molar-refractivity contribution in [3.05, 3.63) is 35.7 Å². The molecule has 0 atom stereocenters. The lowest BCUT2D eigenvalue weighted by molar-refractivity contribution is 0.425. The van der Waals surface area contributed by atoms with Crippen molar-refractivity contribution >= 4 is 11.8 Å². The standard InChI is InChI=1S/C14H15N3OS/c1-10(2)8-19-9-13-16-14(18-17-13)12-5-3-4-11(6-12)7-15/h3-6,10H,8-9H2,1-2H3. The summed E-state index contributed by atoms with van der Waals surface area (Å²) < 4.78 is 5.22. The van der Waals surface area contributed by atoms with Gasteiger partial charge in [0.15, 0.2) is 5.82 Å². The van der Waals surface area contributed by atoms with Crippen molar-refractivity contribution in [3.8, 4) is 17.5 Å². The van der Waals surface area contributed by atoms with E-state index in [1.807, 2.05) is 12.1 Å². The third-order valence-electron chi connectivity index (χ3n) is 2.39. The minimum atomic E-state index is 0.470. The summed E-state index contributed by atoms with van der Waals surface area (Å²) in [5, 5.41) is 12.8. The van der Waals surface area contributed by atoms with E-state index in [0.717, 1.165) is 17.1 Å². The summed E-state index contributed by atoms with van der Waals surface area (Å²) in [7, 11) is 0. The maximum absolute atomic E-state index is 8.86. The average Bonchev–Trinajstić information content (AvgIpc) is 2.87. The Kier molecular flexibility index (Phi) is 4.58. The van der Waals surface area contributed by atoms with E-state index in [2.05, 4.69) is 30.1 Å². The summed E-state index contributed by atoms with van der Waals surface area (Å²) in [5.41, 5.74) is 1.37. The van der Waals surface area contributed by atoms with Crippen molar-refractivity contribution in [3.63, 3.8) is 0 Å². The summed E-state index contributed by atoms with van der Waals surface area (Å²) in [6, 6.07) is 9.27. The number of hydrogen-bond donors (Lipinski definition) is 0. The maximum atomic E-state index is 8.86. The Morgan fingerprint density at radius 2 is 2.26 bits per heavy atom. The smallest absolute Gasteiger partial charge is 0.257 e. The summed E-state index contributed by atoms with van der Waals surface area (Å²) in [6.45, 7) is 4.37. The molecule has 0 bridgehead atoms. The molecule has 0 radical (unpaired) electrons. The maximum Gasteiger partial charge on any atom is 0.257 e. The highest BCUT2D eigenvalue weighted by atomic mass is 32.2. The van der Waals surface area contributed by atoms with Gasteiger partial charge in [0, 0.05) is 5.56 Å². The van der Waals surface area contributed by atoms with E-state index >= 15 is 0 Å². The molecule has 2 rings (SSSR count). The summed E-state index contributed by atoms with van der Waals surface area (Å²) in [5.74, 6) is 3.65. The highest BCUT2D eigenvalue weighted by Crippen LogP contribution is 2.20. The van der Waals surface area contributed by atoms with Crippen LogP contribution in [0.4, 0.5) is 0 Å². The summed E-state index contributed by atoms with van der Waals surface area (Å²) >= 11 is 1.79. The molecule has 0 aliphatic heterocycles. The fourth-order valence-electron chi connectivity index (χ4n) is 1.54. The molecule has 4 nitrogen and oxygen atoms in total. The van der Waals surface area contributed by atoms with Crippen LogP contribution in [0.15, 0.2) is 28.8 Å². The minimum absolute atomic E-state index is 0.470. The molecule has 0 amide bonds. The predicted octanol–water partition coefficient (Wildman–Crippen LogP) is 3.50. The largest absolute Gasteiger partial charge is 0.334 e. The van der Waals surface area contributed by atoms with Gasteiger partial charge in [-0.05, 0) is 29.9 Å². The first-order valence-electron chi connectivity index (χ1n) is 6.10. The topological polar surface area (TPSA) is 62.7 Å². The zero-order valence-electron chi connectivity index (χ0n) is 11.0. The number of aromatic nitrogens is 2. The lowest BCUT2D eigenvalue weighted by atomic mass is 10.1. The Morgan fingerprint density at radius 1 is 1.42 bits per heavy atom. The summed E-state index contributed by atoms with van der Waals surface area (Å²) in [6.07, 6.45) is 0. The Balaban J connectivity index is 2.06. The monoisotopic (exact) mass is 273 g/mol. The molecular weight excluding hydrogens is 258 g/mol. The quantitative estimate of drug-likeness (QED) is 0.834. The van der Waals surface area contributed by atoms with E-state index in [-0.39, 0.29) is 0 Å². The van der Waals surface area contributed by atoms with E-state index < -0.39 is 0 Å². The molecule has 1 aromatic carbocycles. The van der Waals surface area contributed by atoms with Crippen LogP contribution in [0.5, 0.6) is 0 Å². The van der Waals surface area contributed by atoms with Crippen LogP contribution < -0.4 is 0 Å². The molecule has 0 N–H and O–H groups in total. The van der Waals surface area contributed by atoms with Crippen LogP contribution in [-0.2, 0) is 5.75 Å². The Bertz CT molecular complexity index is 586. The van der Waals surface area contributed by atoms with Crippen molar-refractivity contribution in [2.45, 2.75) is 19.6 Å². The van der Waals surface area contributed by atoms with E-state index in [1.165, 1.54) is 0 Å². The first-order chi connectivity index (χ1) is 9.19. The van der Waals surface area contributed by atoms with Gasteiger partial charge >= 0.3 is 0 Å². The van der Waals surface area contributed by atoms with Gasteiger partial charge in [-0.15, -0.1) is 0 Å². The van der Waals surface area contributed by atoms with Crippen LogP contribution >= 0.6 is 11.8 Å². The Morgan fingerprint density at radius 3 is 3.00 bits per heavy atom. The highest BCUT2D eigenvalue weighted by molar-refractivity contribution is 7.98. The van der Waals surface area contributed by atoms with Crippen molar-refractivity contribution < 1.29 is 4.52 Å². The third-order valence-corrected chi connectivity index (χ3v) is 3.75. The van der Waals surface area contributed by atoms with E-state index in [1.54, 1.807) is 23.9 Å². The second-order valence-corrected chi connectivity index (χ2v) is 5.65. The number of rotatable bonds is 5. The van der Waals surface area contributed by atoms with Gasteiger partial charge in [0.1, 0.15) is 0 Å². The summed E-state index contributed by atoms with van der Waals surface area (Å²) in [4.78, 5) is 4.34. The first-order valence-corrected chi connectivity index (χ1v) is 7.25. The fraction of sp³-hybridized carbons (Fsp3) is 0.357. The molecule has 0 aliphatic rings. The number of nitrogens with zero attached hydrogens (tertiary/aromatic N) is 3. The first kappa shape index (κ1) is 13.6. The van der Waals surface area contributed by atoms with Gasteiger partial charge in [-0.3, -0.25) is 0 Å². The van der Waals surface area contributed by atoms with Crippen LogP contribution in [0.1, 0.15) is 25.2 Å². The molecule has 1 heterocycles. The van der Waals surface area contributed by atoms with Gasteiger partial charge in [0.2, 0.25) is 0 Å².